The number of carbonyl (C=O) groups is 1. The lowest BCUT2D eigenvalue weighted by molar-refractivity contribution is -0.115. The number of nitrogen functional groups attached to an aromatic ring is 1. The summed E-state index contributed by atoms with van der Waals surface area (Å²) in [5, 5.41) is 0.0265. The van der Waals surface area contributed by atoms with E-state index in [1.165, 1.54) is 0 Å². The Kier molecular flexibility index (Phi) is 3.64. The van der Waals surface area contributed by atoms with E-state index in [1.807, 2.05) is 36.1 Å². The van der Waals surface area contributed by atoms with Crippen molar-refractivity contribution in [1.29, 1.82) is 0 Å². The molecular weight excluding hydrogens is 280 g/mol. The maximum Gasteiger partial charge on any atom is 0.238 e. The van der Waals surface area contributed by atoms with Gasteiger partial charge in [0.1, 0.15) is 5.37 Å². The van der Waals surface area contributed by atoms with Crippen molar-refractivity contribution in [2.75, 3.05) is 16.4 Å². The predicted octanol–water partition coefficient (Wildman–Crippen LogP) is 3.66. The highest BCUT2D eigenvalue weighted by molar-refractivity contribution is 8.00. The summed E-state index contributed by atoms with van der Waals surface area (Å²) in [6.45, 7) is 4.10. The monoisotopic (exact) mass is 298 g/mol. The first-order valence-electron chi connectivity index (χ1n) is 6.92. The lowest BCUT2D eigenvalue weighted by Crippen LogP contribution is -2.28. The molecule has 0 spiro atoms. The van der Waals surface area contributed by atoms with E-state index >= 15 is 0 Å². The molecule has 0 unspecified atom stereocenters. The van der Waals surface area contributed by atoms with Crippen LogP contribution in [0, 0.1) is 13.8 Å². The second kappa shape index (κ2) is 5.45. The Hall–Kier alpha value is -1.94. The lowest BCUT2D eigenvalue weighted by Gasteiger charge is -2.26. The van der Waals surface area contributed by atoms with Crippen LogP contribution < -0.4 is 10.6 Å². The first-order chi connectivity index (χ1) is 10.1. The third kappa shape index (κ3) is 2.63. The molecule has 2 aromatic carbocycles. The highest BCUT2D eigenvalue weighted by Crippen LogP contribution is 2.43. The van der Waals surface area contributed by atoms with Crippen LogP contribution in [-0.4, -0.2) is 11.7 Å². The van der Waals surface area contributed by atoms with Crippen molar-refractivity contribution in [1.82, 2.24) is 0 Å². The zero-order valence-electron chi connectivity index (χ0n) is 12.2. The average Bonchev–Trinajstić information content (AvgIpc) is 2.84. The van der Waals surface area contributed by atoms with Gasteiger partial charge in [0.15, 0.2) is 0 Å². The molecule has 1 saturated heterocycles. The van der Waals surface area contributed by atoms with Crippen LogP contribution in [0.25, 0.3) is 0 Å². The molecule has 21 heavy (non-hydrogen) atoms. The average molecular weight is 298 g/mol. The molecule has 2 N–H and O–H groups in total. The molecule has 0 bridgehead atoms. The van der Waals surface area contributed by atoms with Crippen LogP contribution in [0.4, 0.5) is 11.4 Å². The van der Waals surface area contributed by atoms with Crippen LogP contribution in [-0.2, 0) is 4.79 Å². The van der Waals surface area contributed by atoms with Crippen LogP contribution in [0.1, 0.15) is 22.1 Å². The van der Waals surface area contributed by atoms with Crippen LogP contribution in [0.5, 0.6) is 0 Å². The van der Waals surface area contributed by atoms with Gasteiger partial charge >= 0.3 is 0 Å². The zero-order chi connectivity index (χ0) is 15.0. The zero-order valence-corrected chi connectivity index (χ0v) is 13.0. The third-order valence-electron chi connectivity index (χ3n) is 3.71. The fraction of sp³-hybridized carbons (Fsp3) is 0.235. The number of thioether (sulfide) groups is 1. The summed E-state index contributed by atoms with van der Waals surface area (Å²) < 4.78 is 0. The summed E-state index contributed by atoms with van der Waals surface area (Å²) in [5.74, 6) is 0.679. The standard InChI is InChI=1S/C17H18N2OS/c1-11-3-4-12(2)15(9-11)19-16(20)10-21-17(19)13-5-7-14(18)8-6-13/h3-9,17H,10,18H2,1-2H3/t17-/m1/s1. The van der Waals surface area contributed by atoms with Gasteiger partial charge in [0.2, 0.25) is 5.91 Å². The molecule has 1 heterocycles. The van der Waals surface area contributed by atoms with Crippen molar-refractivity contribution in [3.63, 3.8) is 0 Å². The van der Waals surface area contributed by atoms with Gasteiger partial charge in [-0.05, 0) is 48.7 Å². The molecule has 2 aromatic rings. The number of nitrogens with zero attached hydrogens (tertiary/aromatic N) is 1. The van der Waals surface area contributed by atoms with Gasteiger partial charge in [-0.25, -0.2) is 0 Å². The van der Waals surface area contributed by atoms with E-state index in [-0.39, 0.29) is 11.3 Å². The Morgan fingerprint density at radius 1 is 1.14 bits per heavy atom. The van der Waals surface area contributed by atoms with E-state index in [2.05, 4.69) is 25.1 Å². The summed E-state index contributed by atoms with van der Waals surface area (Å²) in [6, 6.07) is 14.0. The normalized spacial score (nSPS) is 18.3. The molecule has 1 atom stereocenters. The van der Waals surface area contributed by atoms with Gasteiger partial charge in [-0.15, -0.1) is 11.8 Å². The minimum atomic E-state index is 0.0265. The summed E-state index contributed by atoms with van der Waals surface area (Å²) in [6.07, 6.45) is 0. The smallest absolute Gasteiger partial charge is 0.238 e. The van der Waals surface area contributed by atoms with E-state index in [4.69, 9.17) is 5.73 Å². The minimum absolute atomic E-state index is 0.0265. The van der Waals surface area contributed by atoms with E-state index in [0.717, 1.165) is 28.1 Å². The fourth-order valence-corrected chi connectivity index (χ4v) is 3.74. The van der Waals surface area contributed by atoms with Gasteiger partial charge in [-0.1, -0.05) is 24.3 Å². The third-order valence-corrected chi connectivity index (χ3v) is 4.93. The Morgan fingerprint density at radius 2 is 1.86 bits per heavy atom. The van der Waals surface area contributed by atoms with E-state index in [9.17, 15) is 4.79 Å². The minimum Gasteiger partial charge on any atom is -0.399 e. The van der Waals surface area contributed by atoms with Crippen LogP contribution >= 0.6 is 11.8 Å². The molecule has 0 aromatic heterocycles. The number of rotatable bonds is 2. The number of benzene rings is 2. The molecular formula is C17H18N2OS. The van der Waals surface area contributed by atoms with Crippen LogP contribution in [0.3, 0.4) is 0 Å². The number of amides is 1. The fourth-order valence-electron chi connectivity index (χ4n) is 2.57. The van der Waals surface area contributed by atoms with Gasteiger partial charge in [0.25, 0.3) is 0 Å². The lowest BCUT2D eigenvalue weighted by atomic mass is 10.1. The number of hydrogen-bond acceptors (Lipinski definition) is 3. The first kappa shape index (κ1) is 14.0. The molecule has 108 valence electrons. The Labute approximate surface area is 129 Å². The Bertz CT molecular complexity index is 682. The highest BCUT2D eigenvalue weighted by atomic mass is 32.2. The van der Waals surface area contributed by atoms with Crippen molar-refractivity contribution in [3.8, 4) is 0 Å². The summed E-state index contributed by atoms with van der Waals surface area (Å²) in [7, 11) is 0. The topological polar surface area (TPSA) is 46.3 Å². The Balaban J connectivity index is 2.03. The predicted molar refractivity (Wildman–Crippen MR) is 89.5 cm³/mol. The Morgan fingerprint density at radius 3 is 2.57 bits per heavy atom. The van der Waals surface area contributed by atoms with Gasteiger partial charge in [-0.3, -0.25) is 9.69 Å². The number of aryl methyl sites for hydroxylation is 2. The van der Waals surface area contributed by atoms with Crippen molar-refractivity contribution >= 4 is 29.0 Å². The molecule has 1 fully saturated rings. The van der Waals surface area contributed by atoms with Crippen LogP contribution in [0.2, 0.25) is 0 Å². The number of carbonyl (C=O) groups excluding carboxylic acids is 1. The molecule has 1 aliphatic rings. The van der Waals surface area contributed by atoms with E-state index in [0.29, 0.717) is 5.75 Å². The summed E-state index contributed by atoms with van der Waals surface area (Å²) in [4.78, 5) is 14.3. The summed E-state index contributed by atoms with van der Waals surface area (Å²) in [5.41, 5.74) is 10.9. The van der Waals surface area contributed by atoms with Gasteiger partial charge < -0.3 is 5.73 Å². The van der Waals surface area contributed by atoms with Crippen molar-refractivity contribution in [2.45, 2.75) is 19.2 Å². The van der Waals surface area contributed by atoms with E-state index < -0.39 is 0 Å². The number of hydrogen-bond donors (Lipinski definition) is 1. The molecule has 0 radical (unpaired) electrons. The maximum absolute atomic E-state index is 12.4. The summed E-state index contributed by atoms with van der Waals surface area (Å²) >= 11 is 1.66. The first-order valence-corrected chi connectivity index (χ1v) is 7.97. The molecule has 0 saturated carbocycles. The SMILES string of the molecule is Cc1ccc(C)c(N2C(=O)CS[C@@H]2c2ccc(N)cc2)c1. The van der Waals surface area contributed by atoms with Crippen molar-refractivity contribution in [3.05, 3.63) is 59.2 Å². The number of anilines is 2. The van der Waals surface area contributed by atoms with Gasteiger partial charge in [-0.2, -0.15) is 0 Å². The number of nitrogens with two attached hydrogens (primary N) is 1. The quantitative estimate of drug-likeness (QED) is 0.861. The second-order valence-corrected chi connectivity index (χ2v) is 6.45. The highest BCUT2D eigenvalue weighted by Gasteiger charge is 2.34. The molecule has 3 nitrogen and oxygen atoms in total. The van der Waals surface area contributed by atoms with Crippen molar-refractivity contribution < 1.29 is 4.79 Å². The van der Waals surface area contributed by atoms with Crippen molar-refractivity contribution in [2.24, 2.45) is 0 Å². The largest absolute Gasteiger partial charge is 0.399 e. The van der Waals surface area contributed by atoms with E-state index in [1.54, 1.807) is 11.8 Å². The molecule has 1 aliphatic heterocycles. The molecule has 4 heteroatoms. The molecule has 0 aliphatic carbocycles. The second-order valence-electron chi connectivity index (χ2n) is 5.38. The molecule has 3 rings (SSSR count). The van der Waals surface area contributed by atoms with Gasteiger partial charge in [0.05, 0.1) is 5.75 Å². The maximum atomic E-state index is 12.4. The van der Waals surface area contributed by atoms with Gasteiger partial charge in [0, 0.05) is 11.4 Å². The molecule has 1 amide bonds. The van der Waals surface area contributed by atoms with Crippen LogP contribution in [0.15, 0.2) is 42.5 Å².